The third-order valence-corrected chi connectivity index (χ3v) is 4.85. The van der Waals surface area contributed by atoms with E-state index in [1.165, 1.54) is 0 Å². The standard InChI is InChI=1S/C20H22N6O2/c1-11(15-10-25(4)23-12(15)2)21-20(27)14-9-16(17-7-6-8-28-17)22-19-18(14)13(3)24-26(19)5/h6-11H,1-5H3,(H,21,27)/t11-/m1/s1. The van der Waals surface area contributed by atoms with Crippen LogP contribution in [0.5, 0.6) is 0 Å². The highest BCUT2D eigenvalue weighted by molar-refractivity contribution is 6.07. The average Bonchev–Trinajstić information content (AvgIpc) is 3.35. The van der Waals surface area contributed by atoms with Gasteiger partial charge in [-0.1, -0.05) is 0 Å². The van der Waals surface area contributed by atoms with Crippen molar-refractivity contribution in [2.75, 3.05) is 0 Å². The number of carbonyl (C=O) groups is 1. The molecule has 0 fully saturated rings. The van der Waals surface area contributed by atoms with Gasteiger partial charge in [-0.2, -0.15) is 10.2 Å². The maximum atomic E-state index is 13.2. The summed E-state index contributed by atoms with van der Waals surface area (Å²) in [5.74, 6) is 0.415. The largest absolute Gasteiger partial charge is 0.463 e. The lowest BCUT2D eigenvalue weighted by molar-refractivity contribution is 0.0941. The van der Waals surface area contributed by atoms with Gasteiger partial charge in [-0.15, -0.1) is 0 Å². The fourth-order valence-corrected chi connectivity index (χ4v) is 3.57. The highest BCUT2D eigenvalue weighted by Crippen LogP contribution is 2.27. The molecule has 0 spiro atoms. The summed E-state index contributed by atoms with van der Waals surface area (Å²) >= 11 is 0. The molecule has 28 heavy (non-hydrogen) atoms. The van der Waals surface area contributed by atoms with Crippen LogP contribution in [0, 0.1) is 13.8 Å². The van der Waals surface area contributed by atoms with Gasteiger partial charge in [0.25, 0.3) is 5.91 Å². The molecule has 1 atom stereocenters. The summed E-state index contributed by atoms with van der Waals surface area (Å²) in [6, 6.07) is 5.19. The molecular formula is C20H22N6O2. The third kappa shape index (κ3) is 2.96. The number of furan rings is 1. The van der Waals surface area contributed by atoms with E-state index >= 15 is 0 Å². The molecule has 0 aromatic carbocycles. The molecular weight excluding hydrogens is 356 g/mol. The minimum atomic E-state index is -0.188. The monoisotopic (exact) mass is 378 g/mol. The number of fused-ring (bicyclic) bond motifs is 1. The Morgan fingerprint density at radius 1 is 1.21 bits per heavy atom. The van der Waals surface area contributed by atoms with E-state index in [4.69, 9.17) is 4.42 Å². The highest BCUT2D eigenvalue weighted by atomic mass is 16.3. The van der Waals surface area contributed by atoms with Crippen molar-refractivity contribution in [3.63, 3.8) is 0 Å². The number of amides is 1. The van der Waals surface area contributed by atoms with Gasteiger partial charge in [0.2, 0.25) is 0 Å². The molecule has 144 valence electrons. The molecule has 0 bridgehead atoms. The highest BCUT2D eigenvalue weighted by Gasteiger charge is 2.22. The Bertz CT molecular complexity index is 1170. The van der Waals surface area contributed by atoms with Crippen molar-refractivity contribution in [2.24, 2.45) is 14.1 Å². The van der Waals surface area contributed by atoms with Crippen molar-refractivity contribution in [2.45, 2.75) is 26.8 Å². The molecule has 1 amide bonds. The van der Waals surface area contributed by atoms with Crippen LogP contribution >= 0.6 is 0 Å². The van der Waals surface area contributed by atoms with E-state index in [2.05, 4.69) is 20.5 Å². The van der Waals surface area contributed by atoms with E-state index in [1.807, 2.05) is 47.1 Å². The Balaban J connectivity index is 1.78. The molecule has 4 heterocycles. The number of rotatable bonds is 4. The van der Waals surface area contributed by atoms with Gasteiger partial charge in [0.15, 0.2) is 11.4 Å². The quantitative estimate of drug-likeness (QED) is 0.589. The van der Waals surface area contributed by atoms with E-state index < -0.39 is 0 Å². The number of hydrogen-bond donors (Lipinski definition) is 1. The van der Waals surface area contributed by atoms with Crippen LogP contribution < -0.4 is 5.32 Å². The predicted octanol–water partition coefficient (Wildman–Crippen LogP) is 3.07. The Morgan fingerprint density at radius 2 is 2.00 bits per heavy atom. The summed E-state index contributed by atoms with van der Waals surface area (Å²) in [5, 5.41) is 12.6. The number of aromatic nitrogens is 5. The van der Waals surface area contributed by atoms with Crippen molar-refractivity contribution in [3.05, 3.63) is 53.2 Å². The summed E-state index contributed by atoms with van der Waals surface area (Å²) in [4.78, 5) is 17.9. The van der Waals surface area contributed by atoms with Crippen LogP contribution in [0.3, 0.4) is 0 Å². The minimum absolute atomic E-state index is 0.187. The van der Waals surface area contributed by atoms with E-state index in [1.54, 1.807) is 27.8 Å². The number of nitrogens with zero attached hydrogens (tertiary/aromatic N) is 5. The molecule has 0 unspecified atom stereocenters. The lowest BCUT2D eigenvalue weighted by Gasteiger charge is -2.14. The first-order valence-electron chi connectivity index (χ1n) is 9.04. The zero-order valence-corrected chi connectivity index (χ0v) is 16.5. The summed E-state index contributed by atoms with van der Waals surface area (Å²) in [7, 11) is 3.68. The van der Waals surface area contributed by atoms with E-state index in [0.717, 1.165) is 22.3 Å². The number of pyridine rings is 1. The molecule has 0 radical (unpaired) electrons. The van der Waals surface area contributed by atoms with Crippen molar-refractivity contribution >= 4 is 16.9 Å². The number of nitrogens with one attached hydrogen (secondary N) is 1. The predicted molar refractivity (Wildman–Crippen MR) is 105 cm³/mol. The van der Waals surface area contributed by atoms with Gasteiger partial charge >= 0.3 is 0 Å². The van der Waals surface area contributed by atoms with E-state index in [9.17, 15) is 4.79 Å². The maximum Gasteiger partial charge on any atom is 0.252 e. The van der Waals surface area contributed by atoms with Crippen LogP contribution in [0.1, 0.15) is 40.3 Å². The fraction of sp³-hybridized carbons (Fsp3) is 0.300. The Hall–Kier alpha value is -3.42. The Kier molecular flexibility index (Phi) is 4.26. The molecule has 0 aliphatic carbocycles. The average molecular weight is 378 g/mol. The second-order valence-electron chi connectivity index (χ2n) is 6.98. The zero-order chi connectivity index (χ0) is 20.0. The van der Waals surface area contributed by atoms with Gasteiger partial charge in [0.1, 0.15) is 5.69 Å². The molecule has 0 aliphatic rings. The Morgan fingerprint density at radius 3 is 2.64 bits per heavy atom. The number of hydrogen-bond acceptors (Lipinski definition) is 5. The lowest BCUT2D eigenvalue weighted by Crippen LogP contribution is -2.27. The third-order valence-electron chi connectivity index (χ3n) is 4.85. The molecule has 0 saturated carbocycles. The molecule has 4 rings (SSSR count). The summed E-state index contributed by atoms with van der Waals surface area (Å²) < 4.78 is 8.92. The second-order valence-corrected chi connectivity index (χ2v) is 6.98. The molecule has 1 N–H and O–H groups in total. The van der Waals surface area contributed by atoms with Crippen LogP contribution in [0.25, 0.3) is 22.5 Å². The molecule has 0 saturated heterocycles. The molecule has 8 heteroatoms. The first kappa shape index (κ1) is 18.0. The summed E-state index contributed by atoms with van der Waals surface area (Å²) in [5.41, 5.74) is 4.39. The molecule has 4 aromatic rings. The summed E-state index contributed by atoms with van der Waals surface area (Å²) in [6.07, 6.45) is 3.51. The van der Waals surface area contributed by atoms with Gasteiger partial charge in [-0.3, -0.25) is 14.2 Å². The van der Waals surface area contributed by atoms with Crippen LogP contribution in [0.15, 0.2) is 35.1 Å². The fourth-order valence-electron chi connectivity index (χ4n) is 3.57. The van der Waals surface area contributed by atoms with Gasteiger partial charge in [0, 0.05) is 25.9 Å². The number of carbonyl (C=O) groups excluding carboxylic acids is 1. The topological polar surface area (TPSA) is 90.8 Å². The van der Waals surface area contributed by atoms with E-state index in [-0.39, 0.29) is 11.9 Å². The van der Waals surface area contributed by atoms with Crippen LogP contribution in [0.4, 0.5) is 0 Å². The lowest BCUT2D eigenvalue weighted by atomic mass is 10.1. The van der Waals surface area contributed by atoms with Crippen LogP contribution in [0.2, 0.25) is 0 Å². The van der Waals surface area contributed by atoms with E-state index in [0.29, 0.717) is 22.7 Å². The maximum absolute atomic E-state index is 13.2. The summed E-state index contributed by atoms with van der Waals surface area (Å²) in [6.45, 7) is 5.76. The van der Waals surface area contributed by atoms with Gasteiger partial charge in [-0.05, 0) is 39.0 Å². The van der Waals surface area contributed by atoms with Crippen LogP contribution in [-0.4, -0.2) is 30.5 Å². The second kappa shape index (κ2) is 6.63. The number of aryl methyl sites for hydroxylation is 4. The van der Waals surface area contributed by atoms with Crippen molar-refractivity contribution in [1.82, 2.24) is 29.9 Å². The van der Waals surface area contributed by atoms with Crippen molar-refractivity contribution in [3.8, 4) is 11.5 Å². The molecule has 0 aliphatic heterocycles. The zero-order valence-electron chi connectivity index (χ0n) is 16.5. The molecule has 8 nitrogen and oxygen atoms in total. The first-order valence-corrected chi connectivity index (χ1v) is 9.04. The first-order chi connectivity index (χ1) is 13.3. The van der Waals surface area contributed by atoms with Gasteiger partial charge in [-0.25, -0.2) is 4.98 Å². The SMILES string of the molecule is Cc1nn(C)cc1[C@@H](C)NC(=O)c1cc(-c2ccco2)nc2c1c(C)nn2C. The smallest absolute Gasteiger partial charge is 0.252 e. The van der Waals surface area contributed by atoms with Crippen molar-refractivity contribution < 1.29 is 9.21 Å². The normalized spacial score (nSPS) is 12.5. The Labute approximate surface area is 162 Å². The van der Waals surface area contributed by atoms with Crippen molar-refractivity contribution in [1.29, 1.82) is 0 Å². The molecule has 4 aromatic heterocycles. The van der Waals surface area contributed by atoms with Gasteiger partial charge in [0.05, 0.1) is 34.6 Å². The van der Waals surface area contributed by atoms with Gasteiger partial charge < -0.3 is 9.73 Å². The minimum Gasteiger partial charge on any atom is -0.463 e. The van der Waals surface area contributed by atoms with Crippen LogP contribution in [-0.2, 0) is 14.1 Å².